The van der Waals surface area contributed by atoms with E-state index in [0.29, 0.717) is 17.0 Å². The molecule has 0 saturated carbocycles. The molecule has 106 valence electrons. The number of nitriles is 1. The van der Waals surface area contributed by atoms with Crippen LogP contribution in [0.3, 0.4) is 0 Å². The van der Waals surface area contributed by atoms with Crippen molar-refractivity contribution < 1.29 is 9.84 Å². The van der Waals surface area contributed by atoms with Gasteiger partial charge in [0.1, 0.15) is 23.9 Å². The summed E-state index contributed by atoms with van der Waals surface area (Å²) < 4.78 is 5.69. The van der Waals surface area contributed by atoms with Gasteiger partial charge in [0.2, 0.25) is 0 Å². The van der Waals surface area contributed by atoms with Crippen molar-refractivity contribution in [2.75, 3.05) is 6.61 Å². The normalized spacial score (nSPS) is 21.8. The average molecular weight is 300 g/mol. The fourth-order valence-electron chi connectivity index (χ4n) is 2.69. The average Bonchev–Trinajstić information content (AvgIpc) is 2.53. The van der Waals surface area contributed by atoms with Gasteiger partial charge in [0.05, 0.1) is 6.07 Å². The summed E-state index contributed by atoms with van der Waals surface area (Å²) in [7, 11) is 0. The zero-order valence-corrected chi connectivity index (χ0v) is 12.0. The molecule has 2 atom stereocenters. The molecule has 2 aromatic rings. The molecule has 0 saturated heterocycles. The number of hydrogen-bond acceptors (Lipinski definition) is 3. The number of para-hydroxylation sites is 1. The smallest absolute Gasteiger partial charge is 0.125 e. The number of nitrogens with zero attached hydrogens (tertiary/aromatic N) is 1. The quantitative estimate of drug-likeness (QED) is 0.923. The van der Waals surface area contributed by atoms with Crippen molar-refractivity contribution in [3.8, 4) is 11.8 Å². The molecule has 4 heteroatoms. The lowest BCUT2D eigenvalue weighted by atomic mass is 9.74. The maximum atomic E-state index is 10.7. The van der Waals surface area contributed by atoms with E-state index in [1.165, 1.54) is 0 Å². The van der Waals surface area contributed by atoms with Crippen molar-refractivity contribution >= 4 is 11.6 Å². The minimum absolute atomic E-state index is 0.161. The van der Waals surface area contributed by atoms with E-state index in [2.05, 4.69) is 6.07 Å². The number of hydrogen-bond donors (Lipinski definition) is 1. The summed E-state index contributed by atoms with van der Waals surface area (Å²) in [6, 6.07) is 16.8. The van der Waals surface area contributed by atoms with E-state index in [1.807, 2.05) is 24.3 Å². The van der Waals surface area contributed by atoms with Gasteiger partial charge in [-0.05, 0) is 29.3 Å². The molecular weight excluding hydrogens is 286 g/mol. The van der Waals surface area contributed by atoms with Crippen LogP contribution < -0.4 is 4.74 Å². The minimum atomic E-state index is -1.00. The summed E-state index contributed by atoms with van der Waals surface area (Å²) in [5.41, 5.74) is 0.567. The molecule has 0 radical (unpaired) electrons. The first-order chi connectivity index (χ1) is 10.1. The number of fused-ring (bicyclic) bond motifs is 1. The Kier molecular flexibility index (Phi) is 3.59. The standard InChI is InChI=1S/C17H14ClNO2/c18-14-6-3-5-12(8-14)16(20)17(10-19)9-13-4-1-2-7-15(13)21-11-17/h1-8,16,20H,9,11H2. The largest absolute Gasteiger partial charge is 0.492 e. The van der Waals surface area contributed by atoms with Crippen LogP contribution in [0, 0.1) is 16.7 Å². The molecule has 0 spiro atoms. The summed E-state index contributed by atoms with van der Waals surface area (Å²) in [5, 5.41) is 20.9. The van der Waals surface area contributed by atoms with Gasteiger partial charge in [-0.2, -0.15) is 5.26 Å². The van der Waals surface area contributed by atoms with Gasteiger partial charge in [-0.3, -0.25) is 0 Å². The zero-order valence-electron chi connectivity index (χ0n) is 11.3. The maximum Gasteiger partial charge on any atom is 0.125 e. The van der Waals surface area contributed by atoms with Gasteiger partial charge in [-0.15, -0.1) is 0 Å². The van der Waals surface area contributed by atoms with Crippen molar-refractivity contribution in [2.45, 2.75) is 12.5 Å². The Morgan fingerprint density at radius 2 is 2.05 bits per heavy atom. The molecule has 0 amide bonds. The van der Waals surface area contributed by atoms with Gasteiger partial charge in [-0.1, -0.05) is 41.9 Å². The molecule has 0 aromatic heterocycles. The molecule has 21 heavy (non-hydrogen) atoms. The van der Waals surface area contributed by atoms with Gasteiger partial charge in [-0.25, -0.2) is 0 Å². The highest BCUT2D eigenvalue weighted by Crippen LogP contribution is 2.42. The molecule has 0 aliphatic carbocycles. The van der Waals surface area contributed by atoms with Crippen molar-refractivity contribution in [1.82, 2.24) is 0 Å². The van der Waals surface area contributed by atoms with Gasteiger partial charge in [0, 0.05) is 11.4 Å². The Bertz CT molecular complexity index is 710. The topological polar surface area (TPSA) is 53.2 Å². The van der Waals surface area contributed by atoms with Crippen molar-refractivity contribution in [3.05, 3.63) is 64.7 Å². The third-order valence-corrected chi connectivity index (χ3v) is 4.11. The number of aliphatic hydroxyl groups is 1. The van der Waals surface area contributed by atoms with Crippen molar-refractivity contribution in [2.24, 2.45) is 5.41 Å². The van der Waals surface area contributed by atoms with E-state index in [9.17, 15) is 10.4 Å². The highest BCUT2D eigenvalue weighted by Gasteiger charge is 2.43. The zero-order chi connectivity index (χ0) is 14.9. The molecule has 1 aliphatic rings. The fourth-order valence-corrected chi connectivity index (χ4v) is 2.89. The van der Waals surface area contributed by atoms with Crippen molar-refractivity contribution in [3.63, 3.8) is 0 Å². The highest BCUT2D eigenvalue weighted by atomic mass is 35.5. The molecule has 3 rings (SSSR count). The number of benzene rings is 2. The molecule has 2 unspecified atom stereocenters. The first-order valence-corrected chi connectivity index (χ1v) is 7.08. The van der Waals surface area contributed by atoms with Gasteiger partial charge >= 0.3 is 0 Å². The summed E-state index contributed by atoms with van der Waals surface area (Å²) in [6.07, 6.45) is -0.498. The summed E-state index contributed by atoms with van der Waals surface area (Å²) >= 11 is 5.97. The van der Waals surface area contributed by atoms with Crippen molar-refractivity contribution in [1.29, 1.82) is 5.26 Å². The first-order valence-electron chi connectivity index (χ1n) is 6.70. The van der Waals surface area contributed by atoms with Crippen LogP contribution in [0.15, 0.2) is 48.5 Å². The van der Waals surface area contributed by atoms with E-state index in [0.717, 1.165) is 11.3 Å². The number of rotatable bonds is 2. The fraction of sp³-hybridized carbons (Fsp3) is 0.235. The van der Waals surface area contributed by atoms with Crippen LogP contribution in [0.1, 0.15) is 17.2 Å². The lowest BCUT2D eigenvalue weighted by Gasteiger charge is -2.36. The van der Waals surface area contributed by atoms with Crippen LogP contribution in [-0.2, 0) is 6.42 Å². The van der Waals surface area contributed by atoms with E-state index in [-0.39, 0.29) is 6.61 Å². The molecule has 3 nitrogen and oxygen atoms in total. The third-order valence-electron chi connectivity index (χ3n) is 3.87. The highest BCUT2D eigenvalue weighted by molar-refractivity contribution is 6.30. The van der Waals surface area contributed by atoms with Gasteiger partial charge in [0.25, 0.3) is 0 Å². The van der Waals surface area contributed by atoms with Crippen LogP contribution in [0.5, 0.6) is 5.75 Å². The Morgan fingerprint density at radius 1 is 1.24 bits per heavy atom. The SMILES string of the molecule is N#CC1(C(O)c2cccc(Cl)c2)COc2ccccc2C1. The van der Waals surface area contributed by atoms with E-state index < -0.39 is 11.5 Å². The second kappa shape index (κ2) is 5.40. The number of aliphatic hydroxyl groups excluding tert-OH is 1. The molecule has 1 heterocycles. The van der Waals surface area contributed by atoms with Crippen LogP contribution >= 0.6 is 11.6 Å². The minimum Gasteiger partial charge on any atom is -0.492 e. The van der Waals surface area contributed by atoms with E-state index in [4.69, 9.17) is 16.3 Å². The Morgan fingerprint density at radius 3 is 2.81 bits per heavy atom. The summed E-state index contributed by atoms with van der Waals surface area (Å²) in [5.74, 6) is 0.779. The molecule has 2 aromatic carbocycles. The Balaban J connectivity index is 1.97. The summed E-state index contributed by atoms with van der Waals surface area (Å²) in [4.78, 5) is 0. The van der Waals surface area contributed by atoms with Crippen LogP contribution in [0.4, 0.5) is 0 Å². The first kappa shape index (κ1) is 13.9. The van der Waals surface area contributed by atoms with E-state index in [1.54, 1.807) is 24.3 Å². The Hall–Kier alpha value is -2.02. The lowest BCUT2D eigenvalue weighted by Crippen LogP contribution is -2.39. The number of ether oxygens (including phenoxy) is 1. The second-order valence-corrected chi connectivity index (χ2v) is 5.74. The van der Waals surface area contributed by atoms with Crippen LogP contribution in [0.25, 0.3) is 0 Å². The van der Waals surface area contributed by atoms with Crippen LogP contribution in [-0.4, -0.2) is 11.7 Å². The molecule has 1 aliphatic heterocycles. The summed E-state index contributed by atoms with van der Waals surface area (Å²) in [6.45, 7) is 0.161. The molecule has 0 bridgehead atoms. The van der Waals surface area contributed by atoms with Gasteiger partial charge in [0.15, 0.2) is 0 Å². The third kappa shape index (κ3) is 2.49. The predicted octanol–water partition coefficient (Wildman–Crippen LogP) is 3.52. The van der Waals surface area contributed by atoms with E-state index >= 15 is 0 Å². The second-order valence-electron chi connectivity index (χ2n) is 5.30. The maximum absolute atomic E-state index is 10.7. The molecule has 0 fully saturated rings. The number of halogens is 1. The monoisotopic (exact) mass is 299 g/mol. The molecule has 1 N–H and O–H groups in total. The van der Waals surface area contributed by atoms with Crippen LogP contribution in [0.2, 0.25) is 5.02 Å². The Labute approximate surface area is 128 Å². The predicted molar refractivity (Wildman–Crippen MR) is 80.1 cm³/mol. The van der Waals surface area contributed by atoms with Gasteiger partial charge < -0.3 is 9.84 Å². The molecular formula is C17H14ClNO2. The lowest BCUT2D eigenvalue weighted by molar-refractivity contribution is 0.0172.